The molecule has 0 atom stereocenters. The van der Waals surface area contributed by atoms with E-state index in [1.54, 1.807) is 18.2 Å². The molecule has 4 nitrogen and oxygen atoms in total. The lowest BCUT2D eigenvalue weighted by molar-refractivity contribution is -0.148. The number of carbonyl (C=O) groups is 1. The summed E-state index contributed by atoms with van der Waals surface area (Å²) >= 11 is 6.04. The summed E-state index contributed by atoms with van der Waals surface area (Å²) in [6, 6.07) is 6.90. The number of aliphatic carboxylic acids is 1. The Balaban J connectivity index is 2.87. The van der Waals surface area contributed by atoms with E-state index in [-0.39, 0.29) is 0 Å². The maximum absolute atomic E-state index is 11.4. The van der Waals surface area contributed by atoms with Crippen molar-refractivity contribution in [3.05, 3.63) is 28.8 Å². The summed E-state index contributed by atoms with van der Waals surface area (Å²) in [7, 11) is 0. The van der Waals surface area contributed by atoms with Crippen LogP contribution < -0.4 is 5.32 Å². The molecule has 102 valence electrons. The predicted molar refractivity (Wildman–Crippen MR) is 75.3 cm³/mol. The third kappa shape index (κ3) is 3.39. The lowest BCUT2D eigenvalue weighted by Crippen LogP contribution is -2.36. The summed E-state index contributed by atoms with van der Waals surface area (Å²) in [4.78, 5) is 11.4. The number of carboxylic acids is 1. The van der Waals surface area contributed by atoms with Crippen molar-refractivity contribution < 1.29 is 9.90 Å². The van der Waals surface area contributed by atoms with Gasteiger partial charge in [-0.05, 0) is 31.0 Å². The van der Waals surface area contributed by atoms with Gasteiger partial charge in [-0.15, -0.1) is 0 Å². The van der Waals surface area contributed by atoms with Crippen LogP contribution in [0.1, 0.15) is 32.3 Å². The van der Waals surface area contributed by atoms with Gasteiger partial charge in [-0.3, -0.25) is 4.79 Å². The number of hydrogen-bond donors (Lipinski definition) is 2. The summed E-state index contributed by atoms with van der Waals surface area (Å²) in [5.74, 6) is -0.810. The van der Waals surface area contributed by atoms with Gasteiger partial charge in [0, 0.05) is 6.54 Å². The number of anilines is 1. The first-order chi connectivity index (χ1) is 8.99. The van der Waals surface area contributed by atoms with Crippen LogP contribution in [-0.4, -0.2) is 17.6 Å². The van der Waals surface area contributed by atoms with E-state index in [0.29, 0.717) is 35.7 Å². The monoisotopic (exact) mass is 280 g/mol. The Morgan fingerprint density at radius 3 is 2.53 bits per heavy atom. The number of hydrogen-bond acceptors (Lipinski definition) is 3. The molecule has 0 fully saturated rings. The van der Waals surface area contributed by atoms with Gasteiger partial charge in [0.25, 0.3) is 0 Å². The van der Waals surface area contributed by atoms with Gasteiger partial charge in [0.2, 0.25) is 0 Å². The van der Waals surface area contributed by atoms with E-state index in [0.717, 1.165) is 0 Å². The van der Waals surface area contributed by atoms with E-state index in [4.69, 9.17) is 16.9 Å². The number of carboxylic acid groups (broad SMARTS) is 1. The summed E-state index contributed by atoms with van der Waals surface area (Å²) in [5.41, 5.74) is 0.330. The molecule has 0 aromatic heterocycles. The predicted octanol–water partition coefficient (Wildman–Crippen LogP) is 3.51. The molecule has 0 heterocycles. The van der Waals surface area contributed by atoms with Crippen molar-refractivity contribution in [1.29, 1.82) is 5.26 Å². The van der Waals surface area contributed by atoms with Crippen LogP contribution in [0.3, 0.4) is 0 Å². The van der Waals surface area contributed by atoms with Crippen LogP contribution in [-0.2, 0) is 4.79 Å². The highest BCUT2D eigenvalue weighted by atomic mass is 35.5. The maximum atomic E-state index is 11.4. The van der Waals surface area contributed by atoms with Crippen LogP contribution in [0.15, 0.2) is 18.2 Å². The molecule has 2 N–H and O–H groups in total. The zero-order valence-electron chi connectivity index (χ0n) is 11.0. The number of halogens is 1. The zero-order valence-corrected chi connectivity index (χ0v) is 11.8. The van der Waals surface area contributed by atoms with Gasteiger partial charge in [0.15, 0.2) is 0 Å². The fourth-order valence-corrected chi connectivity index (χ4v) is 2.12. The first kappa shape index (κ1) is 15.3. The molecule has 0 aliphatic heterocycles. The highest BCUT2D eigenvalue weighted by molar-refractivity contribution is 6.33. The molecule has 0 saturated heterocycles. The van der Waals surface area contributed by atoms with Crippen LogP contribution >= 0.6 is 11.6 Å². The SMILES string of the molecule is CCC(CC)(CNc1ccc(C#N)cc1Cl)C(=O)O. The maximum Gasteiger partial charge on any atom is 0.311 e. The molecular weight excluding hydrogens is 264 g/mol. The average Bonchev–Trinajstić information content (AvgIpc) is 2.41. The normalized spacial score (nSPS) is 10.8. The molecule has 1 rings (SSSR count). The van der Waals surface area contributed by atoms with Crippen molar-refractivity contribution in [2.24, 2.45) is 5.41 Å². The molecule has 0 spiro atoms. The minimum Gasteiger partial charge on any atom is -0.481 e. The Bertz CT molecular complexity index is 505. The standard InChI is InChI=1S/C14H17ClN2O2/c1-3-14(4-2,13(18)19)9-17-12-6-5-10(8-16)7-11(12)15/h5-7,17H,3-4,9H2,1-2H3,(H,18,19). The van der Waals surface area contributed by atoms with Gasteiger partial charge in [0.05, 0.1) is 27.8 Å². The number of rotatable bonds is 6. The lowest BCUT2D eigenvalue weighted by Gasteiger charge is -2.27. The van der Waals surface area contributed by atoms with Crippen LogP contribution in [0.4, 0.5) is 5.69 Å². The Labute approximate surface area is 118 Å². The Morgan fingerprint density at radius 2 is 2.11 bits per heavy atom. The van der Waals surface area contributed by atoms with Crippen molar-refractivity contribution in [3.63, 3.8) is 0 Å². The molecule has 5 heteroatoms. The van der Waals surface area contributed by atoms with Crippen molar-refractivity contribution in [2.45, 2.75) is 26.7 Å². The van der Waals surface area contributed by atoms with E-state index in [1.165, 1.54) is 0 Å². The third-order valence-electron chi connectivity index (χ3n) is 3.52. The minimum atomic E-state index is -0.810. The second-order valence-corrected chi connectivity index (χ2v) is 4.86. The number of nitrogens with one attached hydrogen (secondary N) is 1. The molecule has 1 aromatic rings. The topological polar surface area (TPSA) is 73.1 Å². The van der Waals surface area contributed by atoms with Crippen LogP contribution in [0.5, 0.6) is 0 Å². The average molecular weight is 281 g/mol. The second kappa shape index (κ2) is 6.44. The summed E-state index contributed by atoms with van der Waals surface area (Å²) < 4.78 is 0. The summed E-state index contributed by atoms with van der Waals surface area (Å²) in [5, 5.41) is 21.6. The first-order valence-electron chi connectivity index (χ1n) is 6.16. The Morgan fingerprint density at radius 1 is 1.47 bits per heavy atom. The number of benzene rings is 1. The van der Waals surface area contributed by atoms with Gasteiger partial charge in [-0.1, -0.05) is 25.4 Å². The van der Waals surface area contributed by atoms with Crippen LogP contribution in [0, 0.1) is 16.7 Å². The van der Waals surface area contributed by atoms with Crippen molar-refractivity contribution in [2.75, 3.05) is 11.9 Å². The van der Waals surface area contributed by atoms with E-state index in [9.17, 15) is 9.90 Å². The molecule has 0 amide bonds. The smallest absolute Gasteiger partial charge is 0.311 e. The molecule has 0 radical (unpaired) electrons. The molecule has 0 saturated carbocycles. The summed E-state index contributed by atoms with van der Waals surface area (Å²) in [6.45, 7) is 4.03. The zero-order chi connectivity index (χ0) is 14.5. The van der Waals surface area contributed by atoms with E-state index in [1.807, 2.05) is 19.9 Å². The molecule has 0 aliphatic carbocycles. The molecular formula is C14H17ClN2O2. The van der Waals surface area contributed by atoms with E-state index < -0.39 is 11.4 Å². The highest BCUT2D eigenvalue weighted by Gasteiger charge is 2.34. The third-order valence-corrected chi connectivity index (χ3v) is 3.84. The van der Waals surface area contributed by atoms with Crippen LogP contribution in [0.25, 0.3) is 0 Å². The molecule has 0 bridgehead atoms. The van der Waals surface area contributed by atoms with Gasteiger partial charge >= 0.3 is 5.97 Å². The van der Waals surface area contributed by atoms with E-state index in [2.05, 4.69) is 5.32 Å². The number of nitrogens with zero attached hydrogens (tertiary/aromatic N) is 1. The van der Waals surface area contributed by atoms with Crippen molar-refractivity contribution in [3.8, 4) is 6.07 Å². The molecule has 0 aliphatic rings. The lowest BCUT2D eigenvalue weighted by atomic mass is 9.82. The van der Waals surface area contributed by atoms with Gasteiger partial charge < -0.3 is 10.4 Å². The fraction of sp³-hybridized carbons (Fsp3) is 0.429. The quantitative estimate of drug-likeness (QED) is 0.836. The van der Waals surface area contributed by atoms with Crippen molar-refractivity contribution >= 4 is 23.3 Å². The summed E-state index contributed by atoms with van der Waals surface area (Å²) in [6.07, 6.45) is 1.08. The van der Waals surface area contributed by atoms with Crippen molar-refractivity contribution in [1.82, 2.24) is 0 Å². The Hall–Kier alpha value is -1.73. The fourth-order valence-electron chi connectivity index (χ4n) is 1.87. The van der Waals surface area contributed by atoms with Gasteiger partial charge in [0.1, 0.15) is 0 Å². The van der Waals surface area contributed by atoms with E-state index >= 15 is 0 Å². The van der Waals surface area contributed by atoms with Gasteiger partial charge in [-0.25, -0.2) is 0 Å². The van der Waals surface area contributed by atoms with Crippen LogP contribution in [0.2, 0.25) is 5.02 Å². The molecule has 0 unspecified atom stereocenters. The second-order valence-electron chi connectivity index (χ2n) is 4.45. The van der Waals surface area contributed by atoms with Gasteiger partial charge in [-0.2, -0.15) is 5.26 Å². The largest absolute Gasteiger partial charge is 0.481 e. The number of nitriles is 1. The Kier molecular flexibility index (Phi) is 5.20. The first-order valence-corrected chi connectivity index (χ1v) is 6.53. The molecule has 1 aromatic carbocycles. The highest BCUT2D eigenvalue weighted by Crippen LogP contribution is 2.29. The molecule has 19 heavy (non-hydrogen) atoms. The minimum absolute atomic E-state index is 0.307.